The number of hydrogen-bond acceptors (Lipinski definition) is 3. The van der Waals surface area contributed by atoms with Gasteiger partial charge in [-0.1, -0.05) is 18.2 Å². The number of amides is 1. The van der Waals surface area contributed by atoms with E-state index in [4.69, 9.17) is 0 Å². The molecule has 1 saturated heterocycles. The van der Waals surface area contributed by atoms with Crippen molar-refractivity contribution in [1.82, 2.24) is 15.1 Å². The molecule has 1 fully saturated rings. The fraction of sp³-hybridized carbons (Fsp3) is 0.333. The van der Waals surface area contributed by atoms with Crippen LogP contribution in [-0.2, 0) is 0 Å². The first kappa shape index (κ1) is 15.5. The van der Waals surface area contributed by atoms with Crippen molar-refractivity contribution in [2.24, 2.45) is 0 Å². The third-order valence-electron chi connectivity index (χ3n) is 3.52. The fourth-order valence-electron chi connectivity index (χ4n) is 2.44. The molecule has 1 aromatic heterocycles. The number of halogens is 1. The lowest BCUT2D eigenvalue weighted by molar-refractivity contribution is 0.102. The number of aromatic nitrogens is 2. The maximum atomic E-state index is 12.1. The second kappa shape index (κ2) is 7.24. The monoisotopic (exact) mass is 306 g/mol. The number of hydrogen-bond donors (Lipinski definition) is 2. The lowest BCUT2D eigenvalue weighted by Crippen LogP contribution is -2.32. The Morgan fingerprint density at radius 2 is 2.10 bits per heavy atom. The van der Waals surface area contributed by atoms with Crippen LogP contribution in [0.3, 0.4) is 0 Å². The van der Waals surface area contributed by atoms with Crippen LogP contribution in [0.1, 0.15) is 29.4 Å². The predicted molar refractivity (Wildman–Crippen MR) is 85.0 cm³/mol. The number of piperidine rings is 1. The Balaban J connectivity index is 0.00000161. The van der Waals surface area contributed by atoms with Crippen LogP contribution in [0.15, 0.2) is 42.6 Å². The summed E-state index contributed by atoms with van der Waals surface area (Å²) in [6.07, 6.45) is 4.14. The third-order valence-corrected chi connectivity index (χ3v) is 3.52. The molecule has 3 rings (SSSR count). The molecule has 1 atom stereocenters. The number of carbonyl (C=O) groups excluding carboxylic acids is 1. The molecule has 1 aromatic carbocycles. The summed E-state index contributed by atoms with van der Waals surface area (Å²) in [6.45, 7) is 1.99. The van der Waals surface area contributed by atoms with Crippen molar-refractivity contribution in [2.75, 3.05) is 18.4 Å². The highest BCUT2D eigenvalue weighted by atomic mass is 35.5. The summed E-state index contributed by atoms with van der Waals surface area (Å²) >= 11 is 0. The maximum absolute atomic E-state index is 12.1. The number of nitrogens with one attached hydrogen (secondary N) is 2. The summed E-state index contributed by atoms with van der Waals surface area (Å²) in [7, 11) is 0. The van der Waals surface area contributed by atoms with Crippen LogP contribution in [0.4, 0.5) is 5.69 Å². The zero-order chi connectivity index (χ0) is 13.8. The molecule has 5 nitrogen and oxygen atoms in total. The molecule has 0 aliphatic carbocycles. The van der Waals surface area contributed by atoms with Gasteiger partial charge in [-0.05, 0) is 37.6 Å². The lowest BCUT2D eigenvalue weighted by atomic mass is 10.1. The van der Waals surface area contributed by atoms with Gasteiger partial charge in [-0.25, -0.2) is 0 Å². The Kier molecular flexibility index (Phi) is 5.36. The van der Waals surface area contributed by atoms with Gasteiger partial charge in [0.05, 0.1) is 6.04 Å². The van der Waals surface area contributed by atoms with Crippen molar-refractivity contribution in [1.29, 1.82) is 0 Å². The summed E-state index contributed by atoms with van der Waals surface area (Å²) < 4.78 is 1.89. The first-order chi connectivity index (χ1) is 9.83. The van der Waals surface area contributed by atoms with E-state index in [2.05, 4.69) is 15.7 Å². The SMILES string of the molecule is Cl.O=C(Nc1ccccc1)c1ccn(C2CCCNC2)n1. The van der Waals surface area contributed by atoms with E-state index in [1.807, 2.05) is 41.2 Å². The zero-order valence-electron chi connectivity index (χ0n) is 11.7. The van der Waals surface area contributed by atoms with Crippen LogP contribution in [0.5, 0.6) is 0 Å². The van der Waals surface area contributed by atoms with Crippen LogP contribution in [0.2, 0.25) is 0 Å². The van der Waals surface area contributed by atoms with Crippen molar-refractivity contribution in [3.05, 3.63) is 48.3 Å². The number of para-hydroxylation sites is 1. The van der Waals surface area contributed by atoms with E-state index in [0.717, 1.165) is 31.6 Å². The highest BCUT2D eigenvalue weighted by Gasteiger charge is 2.17. The van der Waals surface area contributed by atoms with E-state index in [9.17, 15) is 4.79 Å². The minimum absolute atomic E-state index is 0. The number of rotatable bonds is 3. The first-order valence-electron chi connectivity index (χ1n) is 6.95. The van der Waals surface area contributed by atoms with Gasteiger partial charge >= 0.3 is 0 Å². The predicted octanol–water partition coefficient (Wildman–Crippen LogP) is 2.48. The molecule has 1 aliphatic heterocycles. The van der Waals surface area contributed by atoms with Gasteiger partial charge in [0.2, 0.25) is 0 Å². The zero-order valence-corrected chi connectivity index (χ0v) is 12.5. The Hall–Kier alpha value is -1.85. The average Bonchev–Trinajstić information content (AvgIpc) is 2.99. The van der Waals surface area contributed by atoms with Crippen LogP contribution < -0.4 is 10.6 Å². The van der Waals surface area contributed by atoms with Crippen molar-refractivity contribution in [3.63, 3.8) is 0 Å². The van der Waals surface area contributed by atoms with Gasteiger partial charge in [-0.3, -0.25) is 9.48 Å². The van der Waals surface area contributed by atoms with Crippen LogP contribution in [0, 0.1) is 0 Å². The van der Waals surface area contributed by atoms with Crippen LogP contribution in [0.25, 0.3) is 0 Å². The van der Waals surface area contributed by atoms with E-state index in [0.29, 0.717) is 11.7 Å². The standard InChI is InChI=1S/C15H18N4O.ClH/c20-15(17-12-5-2-1-3-6-12)14-8-10-19(18-14)13-7-4-9-16-11-13;/h1-3,5-6,8,10,13,16H,4,7,9,11H2,(H,17,20);1H. The summed E-state index contributed by atoms with van der Waals surface area (Å²) in [5.41, 5.74) is 1.24. The Labute approximate surface area is 130 Å². The molecule has 0 bridgehead atoms. The third kappa shape index (κ3) is 3.83. The van der Waals surface area contributed by atoms with E-state index < -0.39 is 0 Å². The minimum atomic E-state index is -0.168. The molecule has 2 aromatic rings. The summed E-state index contributed by atoms with van der Waals surface area (Å²) in [6, 6.07) is 11.5. The van der Waals surface area contributed by atoms with Gasteiger partial charge in [0.25, 0.3) is 5.91 Å². The van der Waals surface area contributed by atoms with E-state index in [-0.39, 0.29) is 18.3 Å². The highest BCUT2D eigenvalue weighted by Crippen LogP contribution is 2.16. The summed E-state index contributed by atoms with van der Waals surface area (Å²) in [5, 5.41) is 10.6. The molecule has 6 heteroatoms. The second-order valence-electron chi connectivity index (χ2n) is 5.00. The molecule has 112 valence electrons. The Bertz CT molecular complexity index is 578. The minimum Gasteiger partial charge on any atom is -0.321 e. The molecule has 1 aliphatic rings. The van der Waals surface area contributed by atoms with Gasteiger partial charge in [-0.15, -0.1) is 12.4 Å². The van der Waals surface area contributed by atoms with Gasteiger partial charge in [0.15, 0.2) is 5.69 Å². The smallest absolute Gasteiger partial charge is 0.276 e. The lowest BCUT2D eigenvalue weighted by Gasteiger charge is -2.22. The Morgan fingerprint density at radius 1 is 1.29 bits per heavy atom. The summed E-state index contributed by atoms with van der Waals surface area (Å²) in [5.74, 6) is -0.168. The fourth-order valence-corrected chi connectivity index (χ4v) is 2.44. The highest BCUT2D eigenvalue weighted by molar-refractivity contribution is 6.02. The molecule has 0 radical (unpaired) electrons. The molecular weight excluding hydrogens is 288 g/mol. The van der Waals surface area contributed by atoms with E-state index >= 15 is 0 Å². The van der Waals surface area contributed by atoms with Crippen molar-refractivity contribution in [3.8, 4) is 0 Å². The van der Waals surface area contributed by atoms with E-state index in [1.54, 1.807) is 6.07 Å². The molecule has 21 heavy (non-hydrogen) atoms. The van der Waals surface area contributed by atoms with Gasteiger partial charge in [0, 0.05) is 18.4 Å². The van der Waals surface area contributed by atoms with Crippen molar-refractivity contribution in [2.45, 2.75) is 18.9 Å². The second-order valence-corrected chi connectivity index (χ2v) is 5.00. The van der Waals surface area contributed by atoms with Crippen LogP contribution in [-0.4, -0.2) is 28.8 Å². The average molecular weight is 307 g/mol. The van der Waals surface area contributed by atoms with Gasteiger partial charge in [-0.2, -0.15) is 5.10 Å². The normalized spacial score (nSPS) is 17.8. The molecule has 0 spiro atoms. The molecule has 1 amide bonds. The quantitative estimate of drug-likeness (QED) is 0.916. The number of carbonyl (C=O) groups is 1. The van der Waals surface area contributed by atoms with Crippen molar-refractivity contribution < 1.29 is 4.79 Å². The first-order valence-corrected chi connectivity index (χ1v) is 6.95. The van der Waals surface area contributed by atoms with Crippen LogP contribution >= 0.6 is 12.4 Å². The van der Waals surface area contributed by atoms with Gasteiger partial charge in [0.1, 0.15) is 0 Å². The number of benzene rings is 1. The number of nitrogens with zero attached hydrogens (tertiary/aromatic N) is 2. The van der Waals surface area contributed by atoms with Crippen molar-refractivity contribution >= 4 is 24.0 Å². The molecular formula is C15H19ClN4O. The Morgan fingerprint density at radius 3 is 2.81 bits per heavy atom. The maximum Gasteiger partial charge on any atom is 0.276 e. The molecule has 2 N–H and O–H groups in total. The molecule has 2 heterocycles. The molecule has 1 unspecified atom stereocenters. The van der Waals surface area contributed by atoms with E-state index in [1.165, 1.54) is 0 Å². The number of anilines is 1. The topological polar surface area (TPSA) is 59.0 Å². The molecule has 0 saturated carbocycles. The van der Waals surface area contributed by atoms with Gasteiger partial charge < -0.3 is 10.6 Å². The largest absolute Gasteiger partial charge is 0.321 e. The summed E-state index contributed by atoms with van der Waals surface area (Å²) in [4.78, 5) is 12.1.